The van der Waals surface area contributed by atoms with E-state index in [1.807, 2.05) is 14.1 Å². The average molecular weight is 317 g/mol. The van der Waals surface area contributed by atoms with Crippen LogP contribution in [0, 0.1) is 5.92 Å². The van der Waals surface area contributed by atoms with Gasteiger partial charge in [0.25, 0.3) is 10.2 Å². The minimum Gasteiger partial charge on any atom is -0.308 e. The third-order valence-electron chi connectivity index (χ3n) is 4.70. The Morgan fingerprint density at radius 3 is 2.14 bits per heavy atom. The second-order valence-electron chi connectivity index (χ2n) is 6.78. The molecule has 1 saturated heterocycles. The molecule has 5 nitrogen and oxygen atoms in total. The van der Waals surface area contributed by atoms with Crippen molar-refractivity contribution in [2.24, 2.45) is 5.92 Å². The van der Waals surface area contributed by atoms with Crippen LogP contribution in [-0.2, 0) is 10.2 Å². The molecule has 21 heavy (non-hydrogen) atoms. The van der Waals surface area contributed by atoms with Gasteiger partial charge in [-0.15, -0.1) is 0 Å². The molecule has 6 heteroatoms. The van der Waals surface area contributed by atoms with Crippen LogP contribution >= 0.6 is 0 Å². The van der Waals surface area contributed by atoms with E-state index in [1.54, 1.807) is 8.61 Å². The van der Waals surface area contributed by atoms with Crippen LogP contribution in [0.1, 0.15) is 44.9 Å². The molecule has 0 unspecified atom stereocenters. The summed E-state index contributed by atoms with van der Waals surface area (Å²) in [5, 5.41) is 0. The molecule has 0 spiro atoms. The molecule has 2 aliphatic rings. The highest BCUT2D eigenvalue weighted by Gasteiger charge is 2.33. The zero-order chi connectivity index (χ0) is 15.3. The van der Waals surface area contributed by atoms with Crippen LogP contribution < -0.4 is 0 Å². The number of likely N-dealkylation sites (N-methyl/N-ethyl adjacent to an activating group) is 1. The topological polar surface area (TPSA) is 43.9 Å². The standard InChI is InChI=1S/C15H31N3O2S/c1-16(2)12-13-18(14-15-8-4-3-5-9-15)21(19,20)17-10-6-7-11-17/h15H,3-14H2,1-2H3. The van der Waals surface area contributed by atoms with Crippen molar-refractivity contribution < 1.29 is 8.42 Å². The molecule has 1 heterocycles. The summed E-state index contributed by atoms with van der Waals surface area (Å²) in [5.41, 5.74) is 0. The monoisotopic (exact) mass is 317 g/mol. The molecule has 0 radical (unpaired) electrons. The normalized spacial score (nSPS) is 22.5. The second kappa shape index (κ2) is 7.90. The molecule has 2 rings (SSSR count). The molecule has 0 atom stereocenters. The van der Waals surface area contributed by atoms with Crippen molar-refractivity contribution in [3.63, 3.8) is 0 Å². The Hall–Kier alpha value is -0.170. The molecule has 0 bridgehead atoms. The van der Waals surface area contributed by atoms with Crippen molar-refractivity contribution in [3.05, 3.63) is 0 Å². The zero-order valence-electron chi connectivity index (χ0n) is 13.6. The quantitative estimate of drug-likeness (QED) is 0.719. The highest BCUT2D eigenvalue weighted by molar-refractivity contribution is 7.86. The summed E-state index contributed by atoms with van der Waals surface area (Å²) in [7, 11) is 0.747. The van der Waals surface area contributed by atoms with Gasteiger partial charge in [0.05, 0.1) is 0 Å². The maximum Gasteiger partial charge on any atom is 0.282 e. The lowest BCUT2D eigenvalue weighted by molar-refractivity contribution is 0.249. The lowest BCUT2D eigenvalue weighted by Gasteiger charge is -2.32. The van der Waals surface area contributed by atoms with Crippen LogP contribution in [0.3, 0.4) is 0 Å². The van der Waals surface area contributed by atoms with Crippen molar-refractivity contribution >= 4 is 10.2 Å². The van der Waals surface area contributed by atoms with E-state index in [9.17, 15) is 8.42 Å². The van der Waals surface area contributed by atoms with Gasteiger partial charge < -0.3 is 4.90 Å². The first kappa shape index (κ1) is 17.2. The number of hydrogen-bond donors (Lipinski definition) is 0. The molecule has 1 aliphatic heterocycles. The SMILES string of the molecule is CN(C)CCN(CC1CCCCC1)S(=O)(=O)N1CCCC1. The van der Waals surface area contributed by atoms with Crippen molar-refractivity contribution in [1.29, 1.82) is 0 Å². The Balaban J connectivity index is 2.02. The van der Waals surface area contributed by atoms with Crippen molar-refractivity contribution in [3.8, 4) is 0 Å². The molecular weight excluding hydrogens is 286 g/mol. The first-order valence-electron chi connectivity index (χ1n) is 8.40. The maximum atomic E-state index is 12.9. The minimum absolute atomic E-state index is 0.554. The van der Waals surface area contributed by atoms with E-state index in [0.29, 0.717) is 32.1 Å². The Labute approximate surface area is 130 Å². The fourth-order valence-corrected chi connectivity index (χ4v) is 5.11. The summed E-state index contributed by atoms with van der Waals surface area (Å²) in [6.07, 6.45) is 8.22. The van der Waals surface area contributed by atoms with E-state index in [4.69, 9.17) is 0 Å². The summed E-state index contributed by atoms with van der Waals surface area (Å²) in [4.78, 5) is 2.06. The molecular formula is C15H31N3O2S. The summed E-state index contributed by atoms with van der Waals surface area (Å²) >= 11 is 0. The Morgan fingerprint density at radius 2 is 1.57 bits per heavy atom. The lowest BCUT2D eigenvalue weighted by Crippen LogP contribution is -2.47. The summed E-state index contributed by atoms with van der Waals surface area (Å²) in [6, 6.07) is 0. The van der Waals surface area contributed by atoms with E-state index in [1.165, 1.54) is 32.1 Å². The predicted octanol–water partition coefficient (Wildman–Crippen LogP) is 1.77. The fraction of sp³-hybridized carbons (Fsp3) is 1.00. The molecule has 0 aromatic rings. The minimum atomic E-state index is -3.26. The molecule has 0 amide bonds. The van der Waals surface area contributed by atoms with E-state index in [2.05, 4.69) is 4.90 Å². The molecule has 2 fully saturated rings. The van der Waals surface area contributed by atoms with Crippen LogP contribution in [0.25, 0.3) is 0 Å². The highest BCUT2D eigenvalue weighted by atomic mass is 32.2. The van der Waals surface area contributed by atoms with Gasteiger partial charge in [-0.05, 0) is 45.7 Å². The second-order valence-corrected chi connectivity index (χ2v) is 8.71. The Morgan fingerprint density at radius 1 is 0.952 bits per heavy atom. The van der Waals surface area contributed by atoms with Gasteiger partial charge in [-0.1, -0.05) is 19.3 Å². The van der Waals surface area contributed by atoms with Crippen LogP contribution in [-0.4, -0.2) is 68.7 Å². The smallest absolute Gasteiger partial charge is 0.282 e. The fourth-order valence-electron chi connectivity index (χ4n) is 3.35. The van der Waals surface area contributed by atoms with Gasteiger partial charge in [0.1, 0.15) is 0 Å². The zero-order valence-corrected chi connectivity index (χ0v) is 14.4. The van der Waals surface area contributed by atoms with Crippen LogP contribution in [0.15, 0.2) is 0 Å². The first-order chi connectivity index (χ1) is 10.00. The number of rotatable bonds is 7. The third-order valence-corrected chi connectivity index (χ3v) is 6.70. The van der Waals surface area contributed by atoms with Gasteiger partial charge in [0.15, 0.2) is 0 Å². The molecule has 1 aliphatic carbocycles. The molecule has 0 N–H and O–H groups in total. The Bertz CT molecular complexity index is 399. The third kappa shape index (κ3) is 4.91. The van der Waals surface area contributed by atoms with E-state index < -0.39 is 10.2 Å². The summed E-state index contributed by atoms with van der Waals surface area (Å²) in [5.74, 6) is 0.554. The average Bonchev–Trinajstić information content (AvgIpc) is 2.99. The first-order valence-corrected chi connectivity index (χ1v) is 9.80. The van der Waals surface area contributed by atoms with Crippen molar-refractivity contribution in [2.45, 2.75) is 44.9 Å². The van der Waals surface area contributed by atoms with Gasteiger partial charge in [0, 0.05) is 32.7 Å². The van der Waals surface area contributed by atoms with Gasteiger partial charge in [-0.25, -0.2) is 0 Å². The summed E-state index contributed by atoms with van der Waals surface area (Å²) < 4.78 is 29.1. The van der Waals surface area contributed by atoms with Gasteiger partial charge in [-0.3, -0.25) is 0 Å². The van der Waals surface area contributed by atoms with E-state index in [0.717, 1.165) is 19.4 Å². The molecule has 0 aromatic heterocycles. The molecule has 0 aromatic carbocycles. The Kier molecular flexibility index (Phi) is 6.47. The van der Waals surface area contributed by atoms with Crippen LogP contribution in [0.5, 0.6) is 0 Å². The highest BCUT2D eigenvalue weighted by Crippen LogP contribution is 2.26. The lowest BCUT2D eigenvalue weighted by atomic mass is 9.89. The van der Waals surface area contributed by atoms with E-state index in [-0.39, 0.29) is 0 Å². The van der Waals surface area contributed by atoms with Gasteiger partial charge >= 0.3 is 0 Å². The summed E-state index contributed by atoms with van der Waals surface area (Å²) in [6.45, 7) is 3.52. The van der Waals surface area contributed by atoms with Crippen LogP contribution in [0.4, 0.5) is 0 Å². The molecule has 1 saturated carbocycles. The molecule has 124 valence electrons. The van der Waals surface area contributed by atoms with Crippen molar-refractivity contribution in [1.82, 2.24) is 13.5 Å². The maximum absolute atomic E-state index is 12.9. The van der Waals surface area contributed by atoms with Gasteiger partial charge in [-0.2, -0.15) is 17.0 Å². The number of nitrogens with zero attached hydrogens (tertiary/aromatic N) is 3. The van der Waals surface area contributed by atoms with Crippen LogP contribution in [0.2, 0.25) is 0 Å². The number of hydrogen-bond acceptors (Lipinski definition) is 3. The van der Waals surface area contributed by atoms with E-state index >= 15 is 0 Å². The van der Waals surface area contributed by atoms with Crippen molar-refractivity contribution in [2.75, 3.05) is 46.8 Å². The predicted molar refractivity (Wildman–Crippen MR) is 86.4 cm³/mol. The van der Waals surface area contributed by atoms with Gasteiger partial charge in [0.2, 0.25) is 0 Å². The largest absolute Gasteiger partial charge is 0.308 e.